The van der Waals surface area contributed by atoms with Crippen LogP contribution >= 0.6 is 0 Å². The van der Waals surface area contributed by atoms with Crippen molar-refractivity contribution < 1.29 is 9.72 Å². The number of nitrogens with one attached hydrogen (secondary N) is 1. The highest BCUT2D eigenvalue weighted by molar-refractivity contribution is 6.00. The lowest BCUT2D eigenvalue weighted by molar-refractivity contribution is -0.384. The average Bonchev–Trinajstić information content (AvgIpc) is 2.48. The molecular weight excluding hydrogens is 222 g/mol. The van der Waals surface area contributed by atoms with Crippen LogP contribution < -0.4 is 10.2 Å². The summed E-state index contributed by atoms with van der Waals surface area (Å²) in [5.74, 6) is -0.175. The molecule has 1 aliphatic heterocycles. The number of likely N-dealkylation sites (N-methyl/N-ethyl adjacent to an activating group) is 1. The summed E-state index contributed by atoms with van der Waals surface area (Å²) in [5.41, 5.74) is 1.14. The fourth-order valence-electron chi connectivity index (χ4n) is 1.94. The van der Waals surface area contributed by atoms with Gasteiger partial charge >= 0.3 is 0 Å². The average molecular weight is 235 g/mol. The maximum absolute atomic E-state index is 11.7. The van der Waals surface area contributed by atoms with E-state index < -0.39 is 4.92 Å². The maximum atomic E-state index is 11.7. The van der Waals surface area contributed by atoms with Crippen molar-refractivity contribution >= 4 is 17.3 Å². The van der Waals surface area contributed by atoms with Gasteiger partial charge in [0, 0.05) is 31.8 Å². The second-order valence-corrected chi connectivity index (χ2v) is 3.79. The summed E-state index contributed by atoms with van der Waals surface area (Å²) < 4.78 is 0. The molecule has 6 nitrogen and oxygen atoms in total. The van der Waals surface area contributed by atoms with E-state index in [9.17, 15) is 14.9 Å². The summed E-state index contributed by atoms with van der Waals surface area (Å²) in [6.07, 6.45) is 0. The Morgan fingerprint density at radius 1 is 1.53 bits per heavy atom. The van der Waals surface area contributed by atoms with Gasteiger partial charge in [0.15, 0.2) is 0 Å². The lowest BCUT2D eigenvalue weighted by atomic mass is 10.1. The van der Waals surface area contributed by atoms with Gasteiger partial charge in [-0.1, -0.05) is 0 Å². The third-order valence-electron chi connectivity index (χ3n) is 2.83. The van der Waals surface area contributed by atoms with Gasteiger partial charge in [-0.15, -0.1) is 0 Å². The Labute approximate surface area is 98.4 Å². The van der Waals surface area contributed by atoms with Crippen molar-refractivity contribution in [3.8, 4) is 0 Å². The molecule has 1 aromatic carbocycles. The number of carbonyl (C=O) groups excluding carboxylic acids is 1. The molecule has 0 unspecified atom stereocenters. The van der Waals surface area contributed by atoms with E-state index in [0.717, 1.165) is 0 Å². The van der Waals surface area contributed by atoms with Gasteiger partial charge in [-0.25, -0.2) is 0 Å². The van der Waals surface area contributed by atoms with Crippen LogP contribution in [0.3, 0.4) is 0 Å². The van der Waals surface area contributed by atoms with Crippen LogP contribution in [0.5, 0.6) is 0 Å². The monoisotopic (exact) mass is 235 g/mol. The first-order valence-corrected chi connectivity index (χ1v) is 5.45. The lowest BCUT2D eigenvalue weighted by Gasteiger charge is -2.21. The molecule has 0 bridgehead atoms. The maximum Gasteiger partial charge on any atom is 0.271 e. The molecular formula is C11H13N3O3. The fourth-order valence-corrected chi connectivity index (χ4v) is 1.94. The van der Waals surface area contributed by atoms with Crippen LogP contribution in [0.15, 0.2) is 18.2 Å². The van der Waals surface area contributed by atoms with Gasteiger partial charge in [0.2, 0.25) is 0 Å². The zero-order valence-corrected chi connectivity index (χ0v) is 9.47. The minimum absolute atomic E-state index is 0.0110. The second kappa shape index (κ2) is 4.40. The number of hydrogen-bond donors (Lipinski definition) is 1. The molecule has 0 fully saturated rings. The van der Waals surface area contributed by atoms with Crippen molar-refractivity contribution in [2.24, 2.45) is 0 Å². The van der Waals surface area contributed by atoms with Crippen LogP contribution in [0.2, 0.25) is 0 Å². The van der Waals surface area contributed by atoms with Gasteiger partial charge in [-0.05, 0) is 13.0 Å². The van der Waals surface area contributed by atoms with Crippen LogP contribution in [0.1, 0.15) is 17.3 Å². The Bertz CT molecular complexity index is 473. The molecule has 1 heterocycles. The quantitative estimate of drug-likeness (QED) is 0.616. The Morgan fingerprint density at radius 3 is 2.94 bits per heavy atom. The highest BCUT2D eigenvalue weighted by atomic mass is 16.6. The summed E-state index contributed by atoms with van der Waals surface area (Å²) in [7, 11) is 0. The van der Waals surface area contributed by atoms with Crippen LogP contribution in [-0.2, 0) is 0 Å². The molecule has 1 N–H and O–H groups in total. The molecule has 1 aromatic rings. The molecule has 1 amide bonds. The van der Waals surface area contributed by atoms with Crippen molar-refractivity contribution in [1.82, 2.24) is 5.32 Å². The Hall–Kier alpha value is -2.11. The van der Waals surface area contributed by atoms with E-state index in [2.05, 4.69) is 5.32 Å². The third-order valence-corrected chi connectivity index (χ3v) is 2.83. The first-order chi connectivity index (χ1) is 8.13. The summed E-state index contributed by atoms with van der Waals surface area (Å²) in [4.78, 5) is 24.0. The Balaban J connectivity index is 2.53. The standard InChI is InChI=1S/C11H13N3O3/c1-2-13-6-5-12-11(15)9-4-3-8(14(16)17)7-10(9)13/h3-4,7H,2,5-6H2,1H3,(H,12,15). The van der Waals surface area contributed by atoms with Crippen LogP contribution in [0, 0.1) is 10.1 Å². The van der Waals surface area contributed by atoms with E-state index in [1.165, 1.54) is 18.2 Å². The van der Waals surface area contributed by atoms with E-state index in [-0.39, 0.29) is 11.6 Å². The SMILES string of the molecule is CCN1CCNC(=O)c2ccc([N+](=O)[O-])cc21. The summed E-state index contributed by atoms with van der Waals surface area (Å²) in [6, 6.07) is 4.33. The molecule has 1 aliphatic rings. The number of fused-ring (bicyclic) bond motifs is 1. The first kappa shape index (κ1) is 11.4. The van der Waals surface area contributed by atoms with Crippen molar-refractivity contribution in [3.63, 3.8) is 0 Å². The van der Waals surface area contributed by atoms with Crippen LogP contribution in [-0.4, -0.2) is 30.5 Å². The number of nitro groups is 1. The molecule has 6 heteroatoms. The number of benzene rings is 1. The predicted molar refractivity (Wildman–Crippen MR) is 63.3 cm³/mol. The fraction of sp³-hybridized carbons (Fsp3) is 0.364. The minimum atomic E-state index is -0.448. The third kappa shape index (κ3) is 2.06. The van der Waals surface area contributed by atoms with Crippen molar-refractivity contribution in [2.75, 3.05) is 24.5 Å². The topological polar surface area (TPSA) is 75.5 Å². The van der Waals surface area contributed by atoms with Gasteiger partial charge in [0.05, 0.1) is 16.2 Å². The lowest BCUT2D eigenvalue weighted by Crippen LogP contribution is -2.29. The highest BCUT2D eigenvalue weighted by Gasteiger charge is 2.22. The smallest absolute Gasteiger partial charge is 0.271 e. The zero-order valence-electron chi connectivity index (χ0n) is 9.47. The van der Waals surface area contributed by atoms with Crippen LogP contribution in [0.25, 0.3) is 0 Å². The van der Waals surface area contributed by atoms with Gasteiger partial charge in [-0.3, -0.25) is 14.9 Å². The van der Waals surface area contributed by atoms with Gasteiger partial charge in [0.1, 0.15) is 0 Å². The number of amides is 1. The van der Waals surface area contributed by atoms with E-state index in [1.807, 2.05) is 11.8 Å². The minimum Gasteiger partial charge on any atom is -0.369 e. The number of anilines is 1. The van der Waals surface area contributed by atoms with Crippen molar-refractivity contribution in [2.45, 2.75) is 6.92 Å². The van der Waals surface area contributed by atoms with Gasteiger partial charge in [0.25, 0.3) is 11.6 Å². The molecule has 0 saturated carbocycles. The van der Waals surface area contributed by atoms with Gasteiger partial charge in [-0.2, -0.15) is 0 Å². The molecule has 17 heavy (non-hydrogen) atoms. The largest absolute Gasteiger partial charge is 0.369 e. The van der Waals surface area contributed by atoms with E-state index >= 15 is 0 Å². The molecule has 0 spiro atoms. The van der Waals surface area contributed by atoms with E-state index in [4.69, 9.17) is 0 Å². The second-order valence-electron chi connectivity index (χ2n) is 3.79. The molecule has 0 saturated heterocycles. The summed E-state index contributed by atoms with van der Waals surface area (Å²) in [5, 5.41) is 13.5. The molecule has 2 rings (SSSR count). The molecule has 0 atom stereocenters. The van der Waals surface area contributed by atoms with E-state index in [1.54, 1.807) is 0 Å². The van der Waals surface area contributed by atoms with E-state index in [0.29, 0.717) is 30.9 Å². The molecule has 0 aliphatic carbocycles. The molecule has 0 aromatic heterocycles. The van der Waals surface area contributed by atoms with Gasteiger partial charge < -0.3 is 10.2 Å². The number of carbonyl (C=O) groups is 1. The number of nitro benzene ring substituents is 1. The number of non-ortho nitro benzene ring substituents is 1. The molecule has 90 valence electrons. The normalized spacial score (nSPS) is 14.9. The number of nitrogens with zero attached hydrogens (tertiary/aromatic N) is 2. The summed E-state index contributed by atoms with van der Waals surface area (Å²) in [6.45, 7) is 3.88. The van der Waals surface area contributed by atoms with Crippen molar-refractivity contribution in [3.05, 3.63) is 33.9 Å². The predicted octanol–water partition coefficient (Wildman–Crippen LogP) is 1.16. The zero-order chi connectivity index (χ0) is 12.4. The van der Waals surface area contributed by atoms with Crippen molar-refractivity contribution in [1.29, 1.82) is 0 Å². The number of hydrogen-bond acceptors (Lipinski definition) is 4. The molecule has 0 radical (unpaired) electrons. The Morgan fingerprint density at radius 2 is 2.29 bits per heavy atom. The summed E-state index contributed by atoms with van der Waals surface area (Å²) >= 11 is 0. The Kier molecular flexibility index (Phi) is 2.95. The number of rotatable bonds is 2. The van der Waals surface area contributed by atoms with Crippen LogP contribution in [0.4, 0.5) is 11.4 Å². The first-order valence-electron chi connectivity index (χ1n) is 5.45. The highest BCUT2D eigenvalue weighted by Crippen LogP contribution is 2.27.